The van der Waals surface area contributed by atoms with E-state index < -0.39 is 5.60 Å². The van der Waals surface area contributed by atoms with Crippen molar-refractivity contribution < 1.29 is 5.11 Å². The molecule has 3 nitrogen and oxygen atoms in total. The van der Waals surface area contributed by atoms with Crippen LogP contribution in [0.15, 0.2) is 121 Å². The lowest BCUT2D eigenvalue weighted by atomic mass is 9.39. The third-order valence-electron chi connectivity index (χ3n) is 10.1. The lowest BCUT2D eigenvalue weighted by molar-refractivity contribution is -0.211. The standard InChI is InChI=1S/C35H30N2O/c1-2-34(38)30-28(24-15-7-3-8-16-24)36-23-37-29(25-17-9-4-10-18-25)31(34)35(30,32(36)26-19-11-5-12-20-26)33(37)27-21-13-6-14-22-27/h1,3-22,28-33,38H,23H2/t28-,29+,30-,31-,32-,33+,34?,35?/m0/s1. The molecule has 1 spiro atoms. The summed E-state index contributed by atoms with van der Waals surface area (Å²) >= 11 is 0. The zero-order valence-electron chi connectivity index (χ0n) is 21.1. The number of fused-ring (bicyclic) bond motifs is 2. The number of benzene rings is 4. The SMILES string of the molecule is C#CC1(O)[C@@H]2[C@@H](c3ccccc3)N3CN4[C@@H](c5ccccc5)C2([C@H]3c2ccccc2)[C@H]1[C@@H]4c1ccccc1. The number of nitrogens with zero attached hydrogens (tertiary/aromatic N) is 2. The predicted octanol–water partition coefficient (Wildman–Crippen LogP) is 6.15. The first kappa shape index (κ1) is 22.3. The number of aliphatic hydroxyl groups is 1. The van der Waals surface area contributed by atoms with Crippen LogP contribution in [0.4, 0.5) is 0 Å². The third-order valence-corrected chi connectivity index (χ3v) is 10.1. The molecule has 0 amide bonds. The molecule has 1 N–H and O–H groups in total. The van der Waals surface area contributed by atoms with Crippen molar-refractivity contribution in [1.29, 1.82) is 0 Å². The molecule has 4 unspecified atom stereocenters. The molecule has 3 aliphatic heterocycles. The molecule has 1 saturated carbocycles. The first-order valence-electron chi connectivity index (χ1n) is 13.6. The van der Waals surface area contributed by atoms with Crippen LogP contribution in [0, 0.1) is 29.6 Å². The molecule has 3 heteroatoms. The van der Waals surface area contributed by atoms with Gasteiger partial charge in [-0.2, -0.15) is 0 Å². The van der Waals surface area contributed by atoms with Crippen molar-refractivity contribution in [1.82, 2.24) is 9.80 Å². The number of rotatable bonds is 4. The van der Waals surface area contributed by atoms with Crippen LogP contribution >= 0.6 is 0 Å². The lowest BCUT2D eigenvalue weighted by Gasteiger charge is -2.63. The molecular weight excluding hydrogens is 464 g/mol. The average Bonchev–Trinajstić information content (AvgIpc) is 3.30. The second kappa shape index (κ2) is 7.91. The topological polar surface area (TPSA) is 26.7 Å². The van der Waals surface area contributed by atoms with E-state index in [9.17, 15) is 5.11 Å². The lowest BCUT2D eigenvalue weighted by Crippen LogP contribution is -2.69. The van der Waals surface area contributed by atoms with Gasteiger partial charge in [0.05, 0.1) is 6.67 Å². The second-order valence-electron chi connectivity index (χ2n) is 11.4. The average molecular weight is 495 g/mol. The molecule has 4 fully saturated rings. The van der Waals surface area contributed by atoms with E-state index in [0.29, 0.717) is 0 Å². The van der Waals surface area contributed by atoms with Crippen molar-refractivity contribution >= 4 is 0 Å². The fourth-order valence-electron chi connectivity index (χ4n) is 9.20. The van der Waals surface area contributed by atoms with Crippen molar-refractivity contribution in [3.05, 3.63) is 144 Å². The smallest absolute Gasteiger partial charge is 0.135 e. The molecule has 186 valence electrons. The van der Waals surface area contributed by atoms with E-state index in [4.69, 9.17) is 6.42 Å². The van der Waals surface area contributed by atoms with Gasteiger partial charge in [-0.05, 0) is 22.3 Å². The number of hydrogen-bond acceptors (Lipinski definition) is 3. The summed E-state index contributed by atoms with van der Waals surface area (Å²) in [7, 11) is 0. The summed E-state index contributed by atoms with van der Waals surface area (Å²) in [5.41, 5.74) is 3.63. The van der Waals surface area contributed by atoms with Gasteiger partial charge in [-0.3, -0.25) is 9.80 Å². The largest absolute Gasteiger partial charge is 0.377 e. The maximum atomic E-state index is 12.6. The molecule has 0 aromatic heterocycles. The Morgan fingerprint density at radius 2 is 0.921 bits per heavy atom. The maximum absolute atomic E-state index is 12.6. The highest BCUT2D eigenvalue weighted by atomic mass is 16.3. The summed E-state index contributed by atoms with van der Waals surface area (Å²) < 4.78 is 0. The normalized spacial score (nSPS) is 39.8. The first-order valence-corrected chi connectivity index (χ1v) is 13.6. The van der Waals surface area contributed by atoms with E-state index in [1.54, 1.807) is 0 Å². The van der Waals surface area contributed by atoms with Gasteiger partial charge in [0.2, 0.25) is 0 Å². The Hall–Kier alpha value is -3.68. The Morgan fingerprint density at radius 1 is 0.579 bits per heavy atom. The van der Waals surface area contributed by atoms with Crippen LogP contribution in [-0.4, -0.2) is 27.2 Å². The molecule has 8 rings (SSSR count). The van der Waals surface area contributed by atoms with Gasteiger partial charge in [0, 0.05) is 41.4 Å². The van der Waals surface area contributed by atoms with E-state index >= 15 is 0 Å². The van der Waals surface area contributed by atoms with Gasteiger partial charge in [-0.15, -0.1) is 6.42 Å². The molecule has 4 aliphatic rings. The highest BCUT2D eigenvalue weighted by Gasteiger charge is 2.89. The van der Waals surface area contributed by atoms with Crippen LogP contribution < -0.4 is 0 Å². The maximum Gasteiger partial charge on any atom is 0.135 e. The fraction of sp³-hybridized carbons (Fsp3) is 0.257. The summed E-state index contributed by atoms with van der Waals surface area (Å²) in [5, 5.41) is 12.6. The molecule has 0 radical (unpaired) electrons. The monoisotopic (exact) mass is 494 g/mol. The van der Waals surface area contributed by atoms with E-state index in [0.717, 1.165) is 6.67 Å². The Bertz CT molecular complexity index is 1410. The quantitative estimate of drug-likeness (QED) is 0.345. The summed E-state index contributed by atoms with van der Waals surface area (Å²) in [4.78, 5) is 5.31. The second-order valence-corrected chi connectivity index (χ2v) is 11.4. The molecule has 1 aliphatic carbocycles. The van der Waals surface area contributed by atoms with Gasteiger partial charge < -0.3 is 5.11 Å². The molecule has 10 atom stereocenters. The molecule has 3 saturated heterocycles. The molecule has 38 heavy (non-hydrogen) atoms. The predicted molar refractivity (Wildman–Crippen MR) is 148 cm³/mol. The van der Waals surface area contributed by atoms with Crippen LogP contribution in [0.3, 0.4) is 0 Å². The molecular formula is C35H30N2O. The van der Waals surface area contributed by atoms with E-state index in [2.05, 4.69) is 137 Å². The van der Waals surface area contributed by atoms with Crippen molar-refractivity contribution in [2.75, 3.05) is 6.67 Å². The van der Waals surface area contributed by atoms with Crippen LogP contribution in [-0.2, 0) is 0 Å². The molecule has 3 bridgehead atoms. The minimum absolute atomic E-state index is 0.0339. The van der Waals surface area contributed by atoms with Gasteiger partial charge in [0.1, 0.15) is 5.60 Å². The van der Waals surface area contributed by atoms with Crippen LogP contribution in [0.2, 0.25) is 0 Å². The molecule has 4 aromatic carbocycles. The fourth-order valence-corrected chi connectivity index (χ4v) is 9.20. The number of terminal acetylenes is 1. The molecule has 3 heterocycles. The summed E-state index contributed by atoms with van der Waals surface area (Å²) in [6.07, 6.45) is 6.35. The Balaban J connectivity index is 1.44. The van der Waals surface area contributed by atoms with Gasteiger partial charge in [-0.1, -0.05) is 127 Å². The Morgan fingerprint density at radius 3 is 1.26 bits per heavy atom. The summed E-state index contributed by atoms with van der Waals surface area (Å²) in [6.45, 7) is 0.813. The zero-order valence-corrected chi connectivity index (χ0v) is 21.1. The van der Waals surface area contributed by atoms with Crippen molar-refractivity contribution in [2.45, 2.75) is 29.8 Å². The van der Waals surface area contributed by atoms with E-state index in [-0.39, 0.29) is 41.4 Å². The van der Waals surface area contributed by atoms with Gasteiger partial charge >= 0.3 is 0 Å². The first-order chi connectivity index (χ1) is 18.7. The van der Waals surface area contributed by atoms with Crippen LogP contribution in [0.1, 0.15) is 46.4 Å². The van der Waals surface area contributed by atoms with E-state index in [1.165, 1.54) is 22.3 Å². The minimum Gasteiger partial charge on any atom is -0.377 e. The summed E-state index contributed by atoms with van der Waals surface area (Å²) in [6, 6.07) is 43.7. The highest BCUT2D eigenvalue weighted by molar-refractivity contribution is 5.51. The highest BCUT2D eigenvalue weighted by Crippen LogP contribution is 2.87. The van der Waals surface area contributed by atoms with Gasteiger partial charge in [-0.25, -0.2) is 0 Å². The van der Waals surface area contributed by atoms with Crippen LogP contribution in [0.25, 0.3) is 0 Å². The minimum atomic E-state index is -1.22. The Labute approximate surface area is 224 Å². The number of hydrogen-bond donors (Lipinski definition) is 1. The van der Waals surface area contributed by atoms with E-state index in [1.807, 2.05) is 0 Å². The van der Waals surface area contributed by atoms with Crippen molar-refractivity contribution in [3.8, 4) is 12.3 Å². The third kappa shape index (κ3) is 2.56. The van der Waals surface area contributed by atoms with Crippen LogP contribution in [0.5, 0.6) is 0 Å². The zero-order chi connectivity index (χ0) is 25.5. The van der Waals surface area contributed by atoms with Gasteiger partial charge in [0.25, 0.3) is 0 Å². The van der Waals surface area contributed by atoms with Crippen molar-refractivity contribution in [3.63, 3.8) is 0 Å². The summed E-state index contributed by atoms with van der Waals surface area (Å²) in [5.74, 6) is 2.81. The van der Waals surface area contributed by atoms with Gasteiger partial charge in [0.15, 0.2) is 0 Å². The Kier molecular flexibility index (Phi) is 4.65. The molecule has 4 aromatic rings. The van der Waals surface area contributed by atoms with Crippen molar-refractivity contribution in [2.24, 2.45) is 17.3 Å².